The number of pyridine rings is 1. The molecule has 4 unspecified atom stereocenters. The van der Waals surface area contributed by atoms with Crippen molar-refractivity contribution < 1.29 is 4.79 Å². The zero-order valence-corrected chi connectivity index (χ0v) is 10.7. The molecule has 0 aliphatic heterocycles. The second kappa shape index (κ2) is 3.70. The first kappa shape index (κ1) is 10.8. The van der Waals surface area contributed by atoms with Crippen LogP contribution in [0.25, 0.3) is 0 Å². The average molecular weight is 263 g/mol. The van der Waals surface area contributed by atoms with Gasteiger partial charge in [0.25, 0.3) is 5.91 Å². The first-order valence-electron chi connectivity index (χ1n) is 6.66. The smallest absolute Gasteiger partial charge is 0.251 e. The van der Waals surface area contributed by atoms with Crippen molar-refractivity contribution in [2.45, 2.75) is 25.3 Å². The summed E-state index contributed by atoms with van der Waals surface area (Å²) in [6.07, 6.45) is 5.73. The summed E-state index contributed by atoms with van der Waals surface area (Å²) in [4.78, 5) is 16.0. The van der Waals surface area contributed by atoms with Gasteiger partial charge in [-0.1, -0.05) is 11.6 Å². The molecule has 3 nitrogen and oxygen atoms in total. The lowest BCUT2D eigenvalue weighted by atomic mass is 10.0. The van der Waals surface area contributed by atoms with Crippen molar-refractivity contribution in [3.8, 4) is 0 Å². The van der Waals surface area contributed by atoms with Crippen LogP contribution in [0.5, 0.6) is 0 Å². The first-order valence-corrected chi connectivity index (χ1v) is 7.04. The molecule has 1 N–H and O–H groups in total. The fourth-order valence-electron chi connectivity index (χ4n) is 4.30. The van der Waals surface area contributed by atoms with Crippen molar-refractivity contribution in [2.24, 2.45) is 23.7 Å². The lowest BCUT2D eigenvalue weighted by molar-refractivity contribution is 0.0944. The number of rotatable bonds is 2. The average Bonchev–Trinajstić information content (AvgIpc) is 2.77. The molecule has 3 aliphatic rings. The van der Waals surface area contributed by atoms with E-state index in [-0.39, 0.29) is 5.91 Å². The highest BCUT2D eigenvalue weighted by molar-refractivity contribution is 6.29. The third-order valence-corrected chi connectivity index (χ3v) is 5.23. The lowest BCUT2D eigenvalue weighted by Crippen LogP contribution is -2.29. The molecule has 18 heavy (non-hydrogen) atoms. The normalized spacial score (nSPS) is 39.5. The van der Waals surface area contributed by atoms with E-state index in [1.165, 1.54) is 19.3 Å². The summed E-state index contributed by atoms with van der Waals surface area (Å²) >= 11 is 5.80. The molecule has 1 heterocycles. The zero-order chi connectivity index (χ0) is 12.3. The van der Waals surface area contributed by atoms with E-state index in [1.54, 1.807) is 18.3 Å². The van der Waals surface area contributed by atoms with Crippen molar-refractivity contribution in [2.75, 3.05) is 0 Å². The molecule has 4 rings (SSSR count). The van der Waals surface area contributed by atoms with Gasteiger partial charge in [-0.25, -0.2) is 4.98 Å². The van der Waals surface area contributed by atoms with Gasteiger partial charge in [-0.05, 0) is 55.1 Å². The van der Waals surface area contributed by atoms with E-state index in [2.05, 4.69) is 10.3 Å². The van der Waals surface area contributed by atoms with Gasteiger partial charge in [0, 0.05) is 17.8 Å². The van der Waals surface area contributed by atoms with Gasteiger partial charge >= 0.3 is 0 Å². The molecule has 2 bridgehead atoms. The van der Waals surface area contributed by atoms with Crippen LogP contribution in [-0.4, -0.2) is 16.9 Å². The zero-order valence-electron chi connectivity index (χ0n) is 9.97. The molecular weight excluding hydrogens is 248 g/mol. The molecule has 94 valence electrons. The van der Waals surface area contributed by atoms with E-state index in [9.17, 15) is 4.79 Å². The number of nitrogens with zero attached hydrogens (tertiary/aromatic N) is 1. The summed E-state index contributed by atoms with van der Waals surface area (Å²) < 4.78 is 0. The SMILES string of the molecule is O=C(NC1C2C3CCC(C3)C12)c1ccnc(Cl)c1. The summed E-state index contributed by atoms with van der Waals surface area (Å²) in [5.41, 5.74) is 0.618. The van der Waals surface area contributed by atoms with Crippen molar-refractivity contribution in [1.82, 2.24) is 10.3 Å². The number of aromatic nitrogens is 1. The van der Waals surface area contributed by atoms with Crippen molar-refractivity contribution in [3.63, 3.8) is 0 Å². The maximum absolute atomic E-state index is 12.1. The summed E-state index contributed by atoms with van der Waals surface area (Å²) in [6.45, 7) is 0. The van der Waals surface area contributed by atoms with Crippen LogP contribution >= 0.6 is 11.6 Å². The fourth-order valence-corrected chi connectivity index (χ4v) is 4.47. The molecule has 1 aromatic rings. The predicted octanol–water partition coefficient (Wildman–Crippen LogP) is 2.51. The molecule has 1 aromatic heterocycles. The molecule has 4 atom stereocenters. The molecular formula is C14H15ClN2O. The minimum atomic E-state index is -0.00176. The molecule has 0 spiro atoms. The summed E-state index contributed by atoms with van der Waals surface area (Å²) in [7, 11) is 0. The number of nitrogens with one attached hydrogen (secondary N) is 1. The molecule has 0 aromatic carbocycles. The number of carbonyl (C=O) groups excluding carboxylic acids is 1. The summed E-state index contributed by atoms with van der Waals surface area (Å²) in [5.74, 6) is 3.30. The Morgan fingerprint density at radius 1 is 1.33 bits per heavy atom. The van der Waals surface area contributed by atoms with Crippen LogP contribution in [0.15, 0.2) is 18.3 Å². The van der Waals surface area contributed by atoms with Gasteiger partial charge in [0.15, 0.2) is 0 Å². The Balaban J connectivity index is 1.46. The van der Waals surface area contributed by atoms with Gasteiger partial charge in [0.2, 0.25) is 0 Å². The molecule has 0 radical (unpaired) electrons. The highest BCUT2D eigenvalue weighted by Gasteiger charge is 2.65. The monoisotopic (exact) mass is 262 g/mol. The molecule has 1 amide bonds. The first-order chi connectivity index (χ1) is 8.74. The molecule has 3 saturated carbocycles. The fraction of sp³-hybridized carbons (Fsp3) is 0.571. The Morgan fingerprint density at radius 3 is 2.72 bits per heavy atom. The van der Waals surface area contributed by atoms with E-state index in [0.717, 1.165) is 23.7 Å². The second-order valence-corrected chi connectivity index (χ2v) is 6.24. The molecule has 0 saturated heterocycles. The van der Waals surface area contributed by atoms with Crippen LogP contribution in [0.2, 0.25) is 5.15 Å². The summed E-state index contributed by atoms with van der Waals surface area (Å²) in [6, 6.07) is 3.77. The number of hydrogen-bond acceptors (Lipinski definition) is 2. The van der Waals surface area contributed by atoms with Gasteiger partial charge in [-0.2, -0.15) is 0 Å². The predicted molar refractivity (Wildman–Crippen MR) is 68.3 cm³/mol. The van der Waals surface area contributed by atoms with Gasteiger partial charge in [0.1, 0.15) is 5.15 Å². The van der Waals surface area contributed by atoms with Gasteiger partial charge in [0.05, 0.1) is 0 Å². The van der Waals surface area contributed by atoms with Gasteiger partial charge in [-0.15, -0.1) is 0 Å². The second-order valence-electron chi connectivity index (χ2n) is 5.85. The Morgan fingerprint density at radius 2 is 2.06 bits per heavy atom. The van der Waals surface area contributed by atoms with Crippen LogP contribution in [0, 0.1) is 23.7 Å². The number of fused-ring (bicyclic) bond motifs is 5. The van der Waals surface area contributed by atoms with Gasteiger partial charge < -0.3 is 5.32 Å². The third kappa shape index (κ3) is 1.50. The van der Waals surface area contributed by atoms with Crippen molar-refractivity contribution in [3.05, 3.63) is 29.0 Å². The van der Waals surface area contributed by atoms with E-state index in [1.807, 2.05) is 0 Å². The number of amides is 1. The quantitative estimate of drug-likeness (QED) is 0.832. The highest BCUT2D eigenvalue weighted by atomic mass is 35.5. The molecule has 4 heteroatoms. The van der Waals surface area contributed by atoms with Crippen molar-refractivity contribution >= 4 is 17.5 Å². The molecule has 3 fully saturated rings. The number of halogens is 1. The number of hydrogen-bond donors (Lipinski definition) is 1. The number of carbonyl (C=O) groups is 1. The maximum atomic E-state index is 12.1. The summed E-state index contributed by atoms with van der Waals surface area (Å²) in [5, 5.41) is 3.55. The van der Waals surface area contributed by atoms with Crippen LogP contribution < -0.4 is 5.32 Å². The highest BCUT2D eigenvalue weighted by Crippen LogP contribution is 2.65. The maximum Gasteiger partial charge on any atom is 0.251 e. The Labute approximate surface area is 111 Å². The minimum absolute atomic E-state index is 0.00176. The van der Waals surface area contributed by atoms with E-state index >= 15 is 0 Å². The standard InChI is InChI=1S/C14H15ClN2O/c15-10-6-9(3-4-16-10)14(18)17-13-11-7-1-2-8(5-7)12(11)13/h3-4,6-8,11-13H,1-2,5H2,(H,17,18). The van der Waals surface area contributed by atoms with Crippen LogP contribution in [-0.2, 0) is 0 Å². The Hall–Kier alpha value is -1.09. The van der Waals surface area contributed by atoms with Gasteiger partial charge in [-0.3, -0.25) is 4.79 Å². The third-order valence-electron chi connectivity index (χ3n) is 5.02. The van der Waals surface area contributed by atoms with Crippen LogP contribution in [0.4, 0.5) is 0 Å². The van der Waals surface area contributed by atoms with E-state index < -0.39 is 0 Å². The van der Waals surface area contributed by atoms with Crippen LogP contribution in [0.3, 0.4) is 0 Å². The van der Waals surface area contributed by atoms with Crippen LogP contribution in [0.1, 0.15) is 29.6 Å². The molecule has 3 aliphatic carbocycles. The Bertz CT molecular complexity index is 502. The Kier molecular flexibility index (Phi) is 2.22. The van der Waals surface area contributed by atoms with E-state index in [4.69, 9.17) is 11.6 Å². The van der Waals surface area contributed by atoms with Crippen molar-refractivity contribution in [1.29, 1.82) is 0 Å². The lowest BCUT2D eigenvalue weighted by Gasteiger charge is -2.10. The topological polar surface area (TPSA) is 42.0 Å². The minimum Gasteiger partial charge on any atom is -0.349 e. The largest absolute Gasteiger partial charge is 0.349 e. The van der Waals surface area contributed by atoms with E-state index in [0.29, 0.717) is 16.8 Å².